The van der Waals surface area contributed by atoms with E-state index in [1.54, 1.807) is 0 Å². The van der Waals surface area contributed by atoms with E-state index in [2.05, 4.69) is 29.9 Å². The summed E-state index contributed by atoms with van der Waals surface area (Å²) in [4.78, 5) is 48.6. The van der Waals surface area contributed by atoms with E-state index >= 15 is 0 Å². The van der Waals surface area contributed by atoms with Gasteiger partial charge in [-0.25, -0.2) is 0 Å². The second kappa shape index (κ2) is 12.6. The summed E-state index contributed by atoms with van der Waals surface area (Å²) in [5.41, 5.74) is 4.37. The van der Waals surface area contributed by atoms with Crippen molar-refractivity contribution in [2.45, 2.75) is 84.0 Å². The van der Waals surface area contributed by atoms with E-state index in [9.17, 15) is 14.4 Å². The first-order valence-electron chi connectivity index (χ1n) is 17.3. The highest BCUT2D eigenvalue weighted by atomic mass is 16.6. The van der Waals surface area contributed by atoms with Gasteiger partial charge in [0, 0.05) is 33.5 Å². The van der Waals surface area contributed by atoms with Crippen LogP contribution in [0.15, 0.2) is 66.7 Å². The first kappa shape index (κ1) is 32.7. The molecule has 2 heterocycles. The molecule has 0 spiro atoms. The molecule has 0 aliphatic heterocycles. The molecule has 0 amide bonds. The van der Waals surface area contributed by atoms with Gasteiger partial charge in [-0.05, 0) is 83.5 Å². The van der Waals surface area contributed by atoms with Crippen LogP contribution >= 0.6 is 0 Å². The fraction of sp³-hybridized carbons (Fsp3) is 0.390. The lowest BCUT2D eigenvalue weighted by molar-refractivity contribution is -0.157. The summed E-state index contributed by atoms with van der Waals surface area (Å²) < 4.78 is 18.3. The first-order chi connectivity index (χ1) is 23.5. The normalized spacial score (nSPS) is 19.8. The van der Waals surface area contributed by atoms with Crippen molar-refractivity contribution >= 4 is 39.7 Å². The molecule has 2 aliphatic rings. The number of hydrogen-bond acceptors (Lipinski definition) is 6. The Labute approximate surface area is 286 Å². The minimum atomic E-state index is -1.06. The summed E-state index contributed by atoms with van der Waals surface area (Å²) in [5.74, 6) is -1.11. The number of hydrogen-bond donors (Lipinski definition) is 2. The molecule has 2 aromatic heterocycles. The van der Waals surface area contributed by atoms with E-state index in [1.807, 2.05) is 74.5 Å². The number of methoxy groups -OCH3 is 1. The molecule has 1 fully saturated rings. The molecule has 0 radical (unpaired) electrons. The number of rotatable bonds is 8. The monoisotopic (exact) mass is 660 g/mol. The summed E-state index contributed by atoms with van der Waals surface area (Å²) in [7, 11) is 1.43. The van der Waals surface area contributed by atoms with Gasteiger partial charge >= 0.3 is 17.9 Å². The number of aryl methyl sites for hydroxylation is 1. The van der Waals surface area contributed by atoms with Crippen molar-refractivity contribution < 1.29 is 28.6 Å². The number of para-hydroxylation sites is 2. The summed E-state index contributed by atoms with van der Waals surface area (Å²) in [5, 5.41) is 1.99. The van der Waals surface area contributed by atoms with Crippen molar-refractivity contribution in [3.63, 3.8) is 0 Å². The Morgan fingerprint density at radius 2 is 1.39 bits per heavy atom. The highest BCUT2D eigenvalue weighted by molar-refractivity contribution is 5.90. The van der Waals surface area contributed by atoms with Crippen LogP contribution in [-0.2, 0) is 43.8 Å². The van der Waals surface area contributed by atoms with Gasteiger partial charge in [0.1, 0.15) is 5.41 Å². The third-order valence-corrected chi connectivity index (χ3v) is 10.9. The second-order valence-corrected chi connectivity index (χ2v) is 14.8. The van der Waals surface area contributed by atoms with E-state index in [1.165, 1.54) is 7.11 Å². The number of ether oxygens (including phenoxy) is 3. The van der Waals surface area contributed by atoms with Gasteiger partial charge in [-0.3, -0.25) is 14.4 Å². The van der Waals surface area contributed by atoms with Crippen LogP contribution in [0.5, 0.6) is 11.5 Å². The quantitative estimate of drug-likeness (QED) is 0.128. The maximum absolute atomic E-state index is 14.2. The van der Waals surface area contributed by atoms with E-state index in [0.29, 0.717) is 29.8 Å². The predicted octanol–water partition coefficient (Wildman–Crippen LogP) is 8.25. The van der Waals surface area contributed by atoms with Crippen LogP contribution < -0.4 is 9.47 Å². The molecule has 254 valence electrons. The molecule has 0 bridgehead atoms. The highest BCUT2D eigenvalue weighted by Crippen LogP contribution is 2.61. The van der Waals surface area contributed by atoms with Crippen LogP contribution in [0.25, 0.3) is 21.8 Å². The topological polar surface area (TPSA) is 110 Å². The maximum atomic E-state index is 14.2. The Morgan fingerprint density at radius 3 is 1.94 bits per heavy atom. The van der Waals surface area contributed by atoms with Crippen molar-refractivity contribution in [3.8, 4) is 11.5 Å². The molecule has 2 N–H and O–H groups in total. The highest BCUT2D eigenvalue weighted by Gasteiger charge is 2.59. The molecule has 5 aromatic rings. The predicted molar refractivity (Wildman–Crippen MR) is 189 cm³/mol. The molecule has 49 heavy (non-hydrogen) atoms. The fourth-order valence-corrected chi connectivity index (χ4v) is 8.70. The third kappa shape index (κ3) is 5.81. The van der Waals surface area contributed by atoms with Gasteiger partial charge in [-0.15, -0.1) is 0 Å². The summed E-state index contributed by atoms with van der Waals surface area (Å²) in [6, 6.07) is 21.6. The number of aromatic nitrogens is 2. The first-order valence-corrected chi connectivity index (χ1v) is 17.3. The smallest absolute Gasteiger partial charge is 0.317 e. The zero-order valence-electron chi connectivity index (χ0n) is 28.9. The number of H-pyrrole nitrogens is 2. The minimum absolute atomic E-state index is 0.0104. The molecule has 7 rings (SSSR count). The maximum Gasteiger partial charge on any atom is 0.317 e. The van der Waals surface area contributed by atoms with Gasteiger partial charge < -0.3 is 24.2 Å². The number of esters is 3. The molecule has 8 heteroatoms. The van der Waals surface area contributed by atoms with E-state index in [-0.39, 0.29) is 47.6 Å². The zero-order valence-corrected chi connectivity index (χ0v) is 28.9. The lowest BCUT2D eigenvalue weighted by atomic mass is 9.49. The second-order valence-electron chi connectivity index (χ2n) is 14.8. The van der Waals surface area contributed by atoms with Crippen LogP contribution in [0.4, 0.5) is 0 Å². The van der Waals surface area contributed by atoms with Crippen LogP contribution in [0, 0.1) is 11.3 Å². The van der Waals surface area contributed by atoms with Crippen molar-refractivity contribution in [3.05, 3.63) is 94.8 Å². The Morgan fingerprint density at radius 1 is 0.816 bits per heavy atom. The SMILES string of the molecule is COC(=O)[C@]12CCCC(C)(C)[C@@H]1CCc1cc(C(C)C)c(OC(=O)Cc3cc4ccccc4[nH]3)c(OC(=O)Cc3cc4ccccc4[nH]3)c12. The number of fused-ring (bicyclic) bond motifs is 5. The molecule has 2 aliphatic carbocycles. The number of benzene rings is 3. The summed E-state index contributed by atoms with van der Waals surface area (Å²) in [6.45, 7) is 8.48. The average Bonchev–Trinajstić information content (AvgIpc) is 3.67. The number of carbonyl (C=O) groups is 3. The van der Waals surface area contributed by atoms with Crippen LogP contribution in [0.3, 0.4) is 0 Å². The van der Waals surface area contributed by atoms with Gasteiger partial charge in [-0.2, -0.15) is 0 Å². The number of carbonyl (C=O) groups excluding carboxylic acids is 3. The Bertz CT molecular complexity index is 2020. The van der Waals surface area contributed by atoms with Gasteiger partial charge in [0.2, 0.25) is 0 Å². The number of nitrogens with one attached hydrogen (secondary N) is 2. The van der Waals surface area contributed by atoms with Crippen LogP contribution in [-0.4, -0.2) is 35.0 Å². The largest absolute Gasteiger partial charge is 0.468 e. The van der Waals surface area contributed by atoms with Crippen molar-refractivity contribution in [1.82, 2.24) is 9.97 Å². The third-order valence-electron chi connectivity index (χ3n) is 10.9. The van der Waals surface area contributed by atoms with Gasteiger partial charge in [0.05, 0.1) is 20.0 Å². The summed E-state index contributed by atoms with van der Waals surface area (Å²) >= 11 is 0. The van der Waals surface area contributed by atoms with Gasteiger partial charge in [0.25, 0.3) is 0 Å². The summed E-state index contributed by atoms with van der Waals surface area (Å²) in [6.07, 6.45) is 3.80. The molecule has 1 saturated carbocycles. The lowest BCUT2D eigenvalue weighted by Crippen LogP contribution is -2.55. The Hall–Kier alpha value is -4.85. The van der Waals surface area contributed by atoms with Gasteiger partial charge in [0.15, 0.2) is 11.5 Å². The minimum Gasteiger partial charge on any atom is -0.468 e. The molecular weight excluding hydrogens is 616 g/mol. The van der Waals surface area contributed by atoms with Crippen molar-refractivity contribution in [2.24, 2.45) is 11.3 Å². The molecular formula is C41H44N2O6. The zero-order chi connectivity index (χ0) is 34.5. The van der Waals surface area contributed by atoms with E-state index in [4.69, 9.17) is 14.2 Å². The van der Waals surface area contributed by atoms with Crippen LogP contribution in [0.1, 0.15) is 87.4 Å². The molecule has 3 aromatic carbocycles. The Kier molecular flexibility index (Phi) is 8.37. The molecule has 8 nitrogen and oxygen atoms in total. The molecule has 2 atom stereocenters. The standard InChI is InChI=1S/C41H44N2O6/c1-24(2)30-21-27-15-16-33-40(3,4)17-10-18-41(33,39(46)47-5)36(27)38(49-35(45)23-29-20-26-12-7-9-14-32(26)43-29)37(30)48-34(44)22-28-19-25-11-6-8-13-31(25)42-28/h6-9,11-14,19-21,24,33,42-43H,10,15-18,22-23H2,1-5H3/t33-,41+/m0/s1. The molecule has 0 unspecified atom stereocenters. The lowest BCUT2D eigenvalue weighted by Gasteiger charge is -2.54. The van der Waals surface area contributed by atoms with Crippen LogP contribution in [0.2, 0.25) is 0 Å². The number of aromatic amines is 2. The van der Waals surface area contributed by atoms with Crippen molar-refractivity contribution in [1.29, 1.82) is 0 Å². The fourth-order valence-electron chi connectivity index (χ4n) is 8.70. The molecule has 0 saturated heterocycles. The average molecular weight is 661 g/mol. The van der Waals surface area contributed by atoms with Gasteiger partial charge in [-0.1, -0.05) is 76.6 Å². The Balaban J connectivity index is 1.36. The van der Waals surface area contributed by atoms with Crippen molar-refractivity contribution in [2.75, 3.05) is 7.11 Å². The van der Waals surface area contributed by atoms with E-state index in [0.717, 1.165) is 52.2 Å². The van der Waals surface area contributed by atoms with E-state index < -0.39 is 17.4 Å².